The molecule has 0 unspecified atom stereocenters. The predicted molar refractivity (Wildman–Crippen MR) is 74.1 cm³/mol. The zero-order valence-electron chi connectivity index (χ0n) is 10.1. The Labute approximate surface area is 107 Å². The minimum absolute atomic E-state index is 0.881. The molecule has 1 nitrogen and oxygen atoms in total. The lowest BCUT2D eigenvalue weighted by molar-refractivity contribution is 0.481. The molecule has 17 heavy (non-hydrogen) atoms. The Balaban J connectivity index is 2.22. The standard InChI is InChI=1S/C15H16OS/c1-3-12-11-14(9-10-15(12)17-2)16-13-7-5-4-6-8-13/h4-11H,3H2,1-2H3. The van der Waals surface area contributed by atoms with Crippen LogP contribution in [0.15, 0.2) is 53.4 Å². The van der Waals surface area contributed by atoms with E-state index in [0.717, 1.165) is 17.9 Å². The highest BCUT2D eigenvalue weighted by Crippen LogP contribution is 2.28. The van der Waals surface area contributed by atoms with Crippen molar-refractivity contribution in [2.24, 2.45) is 0 Å². The van der Waals surface area contributed by atoms with Crippen molar-refractivity contribution >= 4 is 11.8 Å². The van der Waals surface area contributed by atoms with Gasteiger partial charge in [0, 0.05) is 4.90 Å². The van der Waals surface area contributed by atoms with E-state index in [2.05, 4.69) is 25.3 Å². The summed E-state index contributed by atoms with van der Waals surface area (Å²) in [7, 11) is 0. The fourth-order valence-electron chi connectivity index (χ4n) is 1.72. The zero-order valence-corrected chi connectivity index (χ0v) is 11.0. The van der Waals surface area contributed by atoms with Crippen molar-refractivity contribution in [3.63, 3.8) is 0 Å². The van der Waals surface area contributed by atoms with Crippen molar-refractivity contribution < 1.29 is 4.74 Å². The first-order valence-electron chi connectivity index (χ1n) is 5.73. The lowest BCUT2D eigenvalue weighted by Crippen LogP contribution is -1.88. The quantitative estimate of drug-likeness (QED) is 0.717. The van der Waals surface area contributed by atoms with Crippen molar-refractivity contribution in [2.45, 2.75) is 18.2 Å². The van der Waals surface area contributed by atoms with E-state index < -0.39 is 0 Å². The fourth-order valence-corrected chi connectivity index (χ4v) is 2.39. The molecule has 0 aromatic heterocycles. The maximum absolute atomic E-state index is 5.81. The molecule has 0 heterocycles. The van der Waals surface area contributed by atoms with Gasteiger partial charge in [0.25, 0.3) is 0 Å². The minimum Gasteiger partial charge on any atom is -0.457 e. The number of hydrogen-bond donors (Lipinski definition) is 0. The molecule has 0 atom stereocenters. The highest BCUT2D eigenvalue weighted by Gasteiger charge is 2.03. The van der Waals surface area contributed by atoms with Crippen molar-refractivity contribution in [1.82, 2.24) is 0 Å². The van der Waals surface area contributed by atoms with Crippen molar-refractivity contribution in [3.05, 3.63) is 54.1 Å². The van der Waals surface area contributed by atoms with Gasteiger partial charge in [0.05, 0.1) is 0 Å². The summed E-state index contributed by atoms with van der Waals surface area (Å²) in [6, 6.07) is 16.2. The van der Waals surface area contributed by atoms with E-state index >= 15 is 0 Å². The number of benzene rings is 2. The average molecular weight is 244 g/mol. The van der Waals surface area contributed by atoms with E-state index in [1.807, 2.05) is 36.4 Å². The molecule has 0 radical (unpaired) electrons. The molecule has 2 heteroatoms. The maximum Gasteiger partial charge on any atom is 0.127 e. The van der Waals surface area contributed by atoms with Gasteiger partial charge in [-0.3, -0.25) is 0 Å². The van der Waals surface area contributed by atoms with Gasteiger partial charge in [0.15, 0.2) is 0 Å². The Kier molecular flexibility index (Phi) is 4.10. The van der Waals surface area contributed by atoms with Gasteiger partial charge in [-0.15, -0.1) is 11.8 Å². The summed E-state index contributed by atoms with van der Waals surface area (Å²) in [4.78, 5) is 1.33. The topological polar surface area (TPSA) is 9.23 Å². The molecule has 88 valence electrons. The van der Waals surface area contributed by atoms with Crippen molar-refractivity contribution in [1.29, 1.82) is 0 Å². The monoisotopic (exact) mass is 244 g/mol. The van der Waals surface area contributed by atoms with Crippen LogP contribution in [-0.2, 0) is 6.42 Å². The largest absolute Gasteiger partial charge is 0.457 e. The summed E-state index contributed by atoms with van der Waals surface area (Å²) < 4.78 is 5.81. The summed E-state index contributed by atoms with van der Waals surface area (Å²) in [5.41, 5.74) is 1.34. The lowest BCUT2D eigenvalue weighted by atomic mass is 10.1. The van der Waals surface area contributed by atoms with Crippen LogP contribution < -0.4 is 4.74 Å². The van der Waals surface area contributed by atoms with Gasteiger partial charge in [-0.05, 0) is 48.6 Å². The van der Waals surface area contributed by atoms with Crippen LogP contribution in [0.3, 0.4) is 0 Å². The molecule has 0 bridgehead atoms. The average Bonchev–Trinajstić information content (AvgIpc) is 2.40. The van der Waals surface area contributed by atoms with Crippen LogP contribution in [0.2, 0.25) is 0 Å². The third-order valence-corrected chi connectivity index (χ3v) is 3.45. The number of para-hydroxylation sites is 1. The summed E-state index contributed by atoms with van der Waals surface area (Å²) in [5, 5.41) is 0. The molecule has 0 saturated heterocycles. The van der Waals surface area contributed by atoms with Crippen molar-refractivity contribution in [3.8, 4) is 11.5 Å². The zero-order chi connectivity index (χ0) is 12.1. The second kappa shape index (κ2) is 5.78. The van der Waals surface area contributed by atoms with E-state index in [-0.39, 0.29) is 0 Å². The van der Waals surface area contributed by atoms with Gasteiger partial charge in [-0.1, -0.05) is 25.1 Å². The Morgan fingerprint density at radius 1 is 1.00 bits per heavy atom. The molecule has 0 amide bonds. The summed E-state index contributed by atoms with van der Waals surface area (Å²) in [6.45, 7) is 2.17. The van der Waals surface area contributed by atoms with Crippen LogP contribution in [0, 0.1) is 0 Å². The Hall–Kier alpha value is -1.41. The van der Waals surface area contributed by atoms with E-state index in [0.29, 0.717) is 0 Å². The molecular weight excluding hydrogens is 228 g/mol. The van der Waals surface area contributed by atoms with Crippen LogP contribution >= 0.6 is 11.8 Å². The normalized spacial score (nSPS) is 10.2. The number of aryl methyl sites for hydroxylation is 1. The van der Waals surface area contributed by atoms with Gasteiger partial charge in [-0.25, -0.2) is 0 Å². The molecule has 0 aliphatic rings. The predicted octanol–water partition coefficient (Wildman–Crippen LogP) is 4.76. The number of rotatable bonds is 4. The molecule has 0 spiro atoms. The summed E-state index contributed by atoms with van der Waals surface area (Å²) in [6.07, 6.45) is 3.13. The minimum atomic E-state index is 0.881. The SMILES string of the molecule is CCc1cc(Oc2ccccc2)ccc1SC. The van der Waals surface area contributed by atoms with E-state index in [4.69, 9.17) is 4.74 Å². The fraction of sp³-hybridized carbons (Fsp3) is 0.200. The molecule has 0 fully saturated rings. The van der Waals surface area contributed by atoms with Crippen LogP contribution in [0.4, 0.5) is 0 Å². The second-order valence-corrected chi connectivity index (χ2v) is 4.59. The highest BCUT2D eigenvalue weighted by atomic mass is 32.2. The molecule has 0 aliphatic carbocycles. The number of hydrogen-bond acceptors (Lipinski definition) is 2. The molecule has 2 rings (SSSR count). The van der Waals surface area contributed by atoms with Gasteiger partial charge >= 0.3 is 0 Å². The molecular formula is C15H16OS. The molecule has 0 saturated carbocycles. The first-order chi connectivity index (χ1) is 8.33. The van der Waals surface area contributed by atoms with Crippen LogP contribution in [0.25, 0.3) is 0 Å². The number of thioether (sulfide) groups is 1. The maximum atomic E-state index is 5.81. The van der Waals surface area contributed by atoms with Crippen LogP contribution in [-0.4, -0.2) is 6.26 Å². The Bertz CT molecular complexity index is 480. The second-order valence-electron chi connectivity index (χ2n) is 3.74. The lowest BCUT2D eigenvalue weighted by Gasteiger charge is -2.09. The van der Waals surface area contributed by atoms with Gasteiger partial charge in [-0.2, -0.15) is 0 Å². The van der Waals surface area contributed by atoms with Crippen LogP contribution in [0.1, 0.15) is 12.5 Å². The molecule has 2 aromatic carbocycles. The third-order valence-electron chi connectivity index (χ3n) is 2.61. The Morgan fingerprint density at radius 3 is 2.41 bits per heavy atom. The smallest absolute Gasteiger partial charge is 0.127 e. The van der Waals surface area contributed by atoms with Gasteiger partial charge in [0.1, 0.15) is 11.5 Å². The first kappa shape index (κ1) is 12.1. The molecule has 0 N–H and O–H groups in total. The number of ether oxygens (including phenoxy) is 1. The van der Waals surface area contributed by atoms with Gasteiger partial charge in [0.2, 0.25) is 0 Å². The van der Waals surface area contributed by atoms with Crippen LogP contribution in [0.5, 0.6) is 11.5 Å². The first-order valence-corrected chi connectivity index (χ1v) is 6.95. The Morgan fingerprint density at radius 2 is 1.76 bits per heavy atom. The van der Waals surface area contributed by atoms with E-state index in [1.54, 1.807) is 11.8 Å². The van der Waals surface area contributed by atoms with Crippen molar-refractivity contribution in [2.75, 3.05) is 6.26 Å². The summed E-state index contributed by atoms with van der Waals surface area (Å²) in [5.74, 6) is 1.79. The van der Waals surface area contributed by atoms with Gasteiger partial charge < -0.3 is 4.74 Å². The highest BCUT2D eigenvalue weighted by molar-refractivity contribution is 7.98. The van der Waals surface area contributed by atoms with E-state index in [9.17, 15) is 0 Å². The third kappa shape index (κ3) is 3.04. The van der Waals surface area contributed by atoms with E-state index in [1.165, 1.54) is 10.5 Å². The molecule has 0 aliphatic heterocycles. The molecule has 2 aromatic rings. The summed E-state index contributed by atoms with van der Waals surface area (Å²) >= 11 is 1.78.